The number of benzene rings is 3. The number of carbonyl (C=O) groups excluding carboxylic acids is 1. The Balaban J connectivity index is 1.24. The molecular formula is C32H37FN4O3S. The summed E-state index contributed by atoms with van der Waals surface area (Å²) >= 11 is 0. The van der Waals surface area contributed by atoms with Crippen molar-refractivity contribution in [2.45, 2.75) is 56.7 Å². The Morgan fingerprint density at radius 2 is 1.68 bits per heavy atom. The Labute approximate surface area is 241 Å². The molecule has 0 spiro atoms. The van der Waals surface area contributed by atoms with Gasteiger partial charge in [0.1, 0.15) is 5.82 Å². The number of piperazine rings is 1. The summed E-state index contributed by atoms with van der Waals surface area (Å²) in [5.41, 5.74) is 5.52. The fourth-order valence-corrected chi connectivity index (χ4v) is 7.52. The molecular weight excluding hydrogens is 539 g/mol. The topological polar surface area (TPSA) is 81.8 Å². The van der Waals surface area contributed by atoms with Gasteiger partial charge in [0.2, 0.25) is 10.0 Å². The van der Waals surface area contributed by atoms with Gasteiger partial charge in [0, 0.05) is 37.6 Å². The second-order valence-corrected chi connectivity index (χ2v) is 14.2. The zero-order valence-corrected chi connectivity index (χ0v) is 24.6. The average molecular weight is 577 g/mol. The minimum Gasteiger partial charge on any atom is -0.377 e. The van der Waals surface area contributed by atoms with E-state index in [1.165, 1.54) is 17.3 Å². The van der Waals surface area contributed by atoms with E-state index in [2.05, 4.69) is 75.3 Å². The number of aryl methyl sites for hydroxylation is 1. The maximum atomic E-state index is 14.7. The summed E-state index contributed by atoms with van der Waals surface area (Å²) in [5.74, 6) is -1.35. The number of carbonyl (C=O) groups is 1. The second-order valence-electron chi connectivity index (χ2n) is 12.2. The number of anilines is 3. The van der Waals surface area contributed by atoms with E-state index >= 15 is 0 Å². The summed E-state index contributed by atoms with van der Waals surface area (Å²) in [7, 11) is -3.77. The molecule has 3 aromatic carbocycles. The monoisotopic (exact) mass is 576 g/mol. The minimum absolute atomic E-state index is 0.0190. The van der Waals surface area contributed by atoms with Crippen LogP contribution in [-0.4, -0.2) is 45.8 Å². The largest absolute Gasteiger partial charge is 0.377 e. The van der Waals surface area contributed by atoms with Crippen molar-refractivity contribution in [2.24, 2.45) is 0 Å². The highest BCUT2D eigenvalue weighted by atomic mass is 32.2. The van der Waals surface area contributed by atoms with Gasteiger partial charge in [-0.2, -0.15) is 0 Å². The van der Waals surface area contributed by atoms with Crippen LogP contribution in [0.1, 0.15) is 66.2 Å². The van der Waals surface area contributed by atoms with E-state index in [0.29, 0.717) is 30.5 Å². The standard InChI is InChI=1S/C32H37FN4O3S/c1-21-7-4-5-10-29(21)37-15-13-36(14-16-37)24-9-6-8-22(17-24)28-20-32(2,3)27-19-23(33)18-26(30(27)34-28)31(38)35-41(39,40)25-11-12-25/h4-10,17-19,25,28,34H,11-16,20H2,1-3H3,(H,35,38). The van der Waals surface area contributed by atoms with E-state index in [-0.39, 0.29) is 11.6 Å². The highest BCUT2D eigenvalue weighted by molar-refractivity contribution is 7.91. The van der Waals surface area contributed by atoms with Gasteiger partial charge in [-0.15, -0.1) is 0 Å². The Bertz CT molecular complexity index is 1590. The number of halogens is 1. The molecule has 9 heteroatoms. The Hall–Kier alpha value is -3.59. The molecule has 2 N–H and O–H groups in total. The number of nitrogens with one attached hydrogen (secondary N) is 2. The molecule has 7 nitrogen and oxygen atoms in total. The lowest BCUT2D eigenvalue weighted by atomic mass is 9.73. The van der Waals surface area contributed by atoms with E-state index in [4.69, 9.17) is 0 Å². The number of nitrogens with zero attached hydrogens (tertiary/aromatic N) is 2. The fraction of sp³-hybridized carbons (Fsp3) is 0.406. The van der Waals surface area contributed by atoms with E-state index in [1.807, 2.05) is 13.8 Å². The summed E-state index contributed by atoms with van der Waals surface area (Å²) in [4.78, 5) is 18.0. The van der Waals surface area contributed by atoms with Gasteiger partial charge in [0.15, 0.2) is 0 Å². The van der Waals surface area contributed by atoms with Crippen molar-refractivity contribution in [3.63, 3.8) is 0 Å². The van der Waals surface area contributed by atoms with Crippen LogP contribution in [0.25, 0.3) is 0 Å². The lowest BCUT2D eigenvalue weighted by Gasteiger charge is -2.40. The minimum atomic E-state index is -3.77. The number of hydrogen-bond donors (Lipinski definition) is 2. The van der Waals surface area contributed by atoms with Crippen molar-refractivity contribution >= 4 is 33.0 Å². The summed E-state index contributed by atoms with van der Waals surface area (Å²) in [6.45, 7) is 9.91. The number of amides is 1. The first-order chi connectivity index (χ1) is 19.5. The third kappa shape index (κ3) is 5.52. The fourth-order valence-electron chi connectivity index (χ4n) is 6.23. The van der Waals surface area contributed by atoms with Crippen molar-refractivity contribution < 1.29 is 17.6 Å². The van der Waals surface area contributed by atoms with Crippen LogP contribution in [-0.2, 0) is 15.4 Å². The SMILES string of the molecule is Cc1ccccc1N1CCN(c2cccc(C3CC(C)(C)c4cc(F)cc(C(=O)NS(=O)(=O)C5CC5)c4N3)c2)CC1. The van der Waals surface area contributed by atoms with Crippen molar-refractivity contribution in [1.29, 1.82) is 0 Å². The Morgan fingerprint density at radius 3 is 2.39 bits per heavy atom. The molecule has 1 unspecified atom stereocenters. The molecule has 1 aliphatic carbocycles. The quantitative estimate of drug-likeness (QED) is 0.403. The molecule has 1 saturated heterocycles. The van der Waals surface area contributed by atoms with Gasteiger partial charge in [-0.1, -0.05) is 44.2 Å². The number of hydrogen-bond acceptors (Lipinski definition) is 6. The van der Waals surface area contributed by atoms with Gasteiger partial charge in [-0.25, -0.2) is 17.5 Å². The third-order valence-electron chi connectivity index (χ3n) is 8.68. The molecule has 216 valence electrons. The average Bonchev–Trinajstić information content (AvgIpc) is 3.80. The zero-order chi connectivity index (χ0) is 28.9. The van der Waals surface area contributed by atoms with Crippen LogP contribution < -0.4 is 19.8 Å². The molecule has 0 radical (unpaired) electrons. The van der Waals surface area contributed by atoms with Crippen LogP contribution >= 0.6 is 0 Å². The van der Waals surface area contributed by atoms with Crippen LogP contribution in [0, 0.1) is 12.7 Å². The highest BCUT2D eigenvalue weighted by Crippen LogP contribution is 2.46. The third-order valence-corrected chi connectivity index (χ3v) is 10.5. The predicted octanol–water partition coefficient (Wildman–Crippen LogP) is 5.52. The summed E-state index contributed by atoms with van der Waals surface area (Å²) in [6.07, 6.45) is 1.76. The van der Waals surface area contributed by atoms with Crippen molar-refractivity contribution in [2.75, 3.05) is 41.3 Å². The van der Waals surface area contributed by atoms with Crippen LogP contribution in [0.5, 0.6) is 0 Å². The molecule has 1 amide bonds. The molecule has 0 aromatic heterocycles. The molecule has 2 fully saturated rings. The molecule has 3 aromatic rings. The maximum absolute atomic E-state index is 14.7. The highest BCUT2D eigenvalue weighted by Gasteiger charge is 2.40. The van der Waals surface area contributed by atoms with E-state index in [9.17, 15) is 17.6 Å². The first-order valence-electron chi connectivity index (χ1n) is 14.3. The zero-order valence-electron chi connectivity index (χ0n) is 23.8. The molecule has 41 heavy (non-hydrogen) atoms. The second kappa shape index (κ2) is 10.4. The first kappa shape index (κ1) is 27.6. The summed E-state index contributed by atoms with van der Waals surface area (Å²) < 4.78 is 41.9. The van der Waals surface area contributed by atoms with Crippen molar-refractivity contribution in [3.8, 4) is 0 Å². The molecule has 2 heterocycles. The maximum Gasteiger partial charge on any atom is 0.266 e. The Kier molecular flexibility index (Phi) is 6.96. The first-order valence-corrected chi connectivity index (χ1v) is 15.9. The lowest BCUT2D eigenvalue weighted by Crippen LogP contribution is -2.46. The Morgan fingerprint density at radius 1 is 0.976 bits per heavy atom. The summed E-state index contributed by atoms with van der Waals surface area (Å²) in [6, 6.07) is 19.4. The molecule has 0 bridgehead atoms. The molecule has 1 atom stereocenters. The van der Waals surface area contributed by atoms with Gasteiger partial charge in [-0.05, 0) is 78.6 Å². The van der Waals surface area contributed by atoms with Crippen molar-refractivity contribution in [3.05, 3.63) is 88.7 Å². The van der Waals surface area contributed by atoms with Gasteiger partial charge >= 0.3 is 0 Å². The van der Waals surface area contributed by atoms with Gasteiger partial charge in [0.05, 0.1) is 22.5 Å². The molecule has 2 aliphatic heterocycles. The number of fused-ring (bicyclic) bond motifs is 1. The molecule has 1 saturated carbocycles. The smallest absolute Gasteiger partial charge is 0.266 e. The molecule has 6 rings (SSSR count). The van der Waals surface area contributed by atoms with E-state index < -0.39 is 32.4 Å². The van der Waals surface area contributed by atoms with Crippen molar-refractivity contribution in [1.82, 2.24) is 4.72 Å². The van der Waals surface area contributed by atoms with Crippen LogP contribution in [0.4, 0.5) is 21.5 Å². The van der Waals surface area contributed by atoms with Gasteiger partial charge in [-0.3, -0.25) is 4.79 Å². The lowest BCUT2D eigenvalue weighted by molar-refractivity contribution is 0.0981. The van der Waals surface area contributed by atoms with Crippen LogP contribution in [0.15, 0.2) is 60.7 Å². The predicted molar refractivity (Wildman–Crippen MR) is 162 cm³/mol. The van der Waals surface area contributed by atoms with Gasteiger partial charge < -0.3 is 15.1 Å². The van der Waals surface area contributed by atoms with Gasteiger partial charge in [0.25, 0.3) is 5.91 Å². The molecule has 3 aliphatic rings. The van der Waals surface area contributed by atoms with E-state index in [0.717, 1.165) is 43.5 Å². The number of para-hydroxylation sites is 1. The number of rotatable bonds is 6. The number of sulfonamides is 1. The van der Waals surface area contributed by atoms with E-state index in [1.54, 1.807) is 0 Å². The normalized spacial score (nSPS) is 20.2. The van der Waals surface area contributed by atoms with Crippen LogP contribution in [0.2, 0.25) is 0 Å². The summed E-state index contributed by atoms with van der Waals surface area (Å²) in [5, 5.41) is 2.95. The van der Waals surface area contributed by atoms with Crippen LogP contribution in [0.3, 0.4) is 0 Å².